The van der Waals surface area contributed by atoms with E-state index in [-0.39, 0.29) is 0 Å². The summed E-state index contributed by atoms with van der Waals surface area (Å²) in [7, 11) is 0. The third-order valence-corrected chi connectivity index (χ3v) is 2.84. The lowest BCUT2D eigenvalue weighted by Gasteiger charge is -2.04. The van der Waals surface area contributed by atoms with Crippen molar-refractivity contribution in [1.29, 1.82) is 0 Å². The molecule has 0 spiro atoms. The van der Waals surface area contributed by atoms with Crippen LogP contribution >= 0.6 is 0 Å². The number of fused-ring (bicyclic) bond motifs is 1. The van der Waals surface area contributed by atoms with Crippen LogP contribution in [0.4, 0.5) is 0 Å². The highest BCUT2D eigenvalue weighted by Crippen LogP contribution is 2.20. The summed E-state index contributed by atoms with van der Waals surface area (Å²) in [6, 6.07) is 11.3. The van der Waals surface area contributed by atoms with E-state index in [1.807, 2.05) is 12.3 Å². The van der Waals surface area contributed by atoms with Gasteiger partial charge in [-0.3, -0.25) is 4.98 Å². The summed E-state index contributed by atoms with van der Waals surface area (Å²) in [5, 5.41) is 4.73. The molecule has 1 aromatic heterocycles. The Morgan fingerprint density at radius 1 is 1.27 bits per heavy atom. The molecule has 1 aromatic carbocycles. The van der Waals surface area contributed by atoms with Crippen molar-refractivity contribution in [3.05, 3.63) is 42.1 Å². The molecule has 0 unspecified atom stereocenters. The topological polar surface area (TPSA) is 24.9 Å². The largest absolute Gasteiger partial charge is 0.310 e. The summed E-state index contributed by atoms with van der Waals surface area (Å²) in [6.45, 7) is 0.969. The smallest absolute Gasteiger partial charge is 0.0705 e. The fourth-order valence-electron chi connectivity index (χ4n) is 1.77. The Labute approximate surface area is 89.3 Å². The maximum Gasteiger partial charge on any atom is 0.0705 e. The maximum atomic E-state index is 4.36. The van der Waals surface area contributed by atoms with Crippen molar-refractivity contribution in [2.75, 3.05) is 0 Å². The van der Waals surface area contributed by atoms with Crippen molar-refractivity contribution in [2.45, 2.75) is 25.4 Å². The predicted octanol–water partition coefficient (Wildman–Crippen LogP) is 2.49. The summed E-state index contributed by atoms with van der Waals surface area (Å²) in [6.07, 6.45) is 4.53. The van der Waals surface area contributed by atoms with E-state index in [0.717, 1.165) is 18.1 Å². The average Bonchev–Trinajstić information content (AvgIpc) is 3.10. The van der Waals surface area contributed by atoms with Crippen LogP contribution in [0.2, 0.25) is 0 Å². The van der Waals surface area contributed by atoms with E-state index in [1.165, 1.54) is 23.8 Å². The van der Waals surface area contributed by atoms with Gasteiger partial charge in [0.05, 0.1) is 5.52 Å². The number of rotatable bonds is 3. The lowest BCUT2D eigenvalue weighted by atomic mass is 10.1. The summed E-state index contributed by atoms with van der Waals surface area (Å²) in [5.74, 6) is 0. The average molecular weight is 198 g/mol. The lowest BCUT2D eigenvalue weighted by Crippen LogP contribution is -2.15. The molecular formula is C13H14N2. The minimum absolute atomic E-state index is 0.768. The summed E-state index contributed by atoms with van der Waals surface area (Å²) in [4.78, 5) is 4.36. The van der Waals surface area contributed by atoms with Crippen molar-refractivity contribution in [3.8, 4) is 0 Å². The van der Waals surface area contributed by atoms with Crippen LogP contribution in [0, 0.1) is 0 Å². The molecule has 1 saturated carbocycles. The van der Waals surface area contributed by atoms with Crippen LogP contribution in [0.3, 0.4) is 0 Å². The van der Waals surface area contributed by atoms with Gasteiger partial charge in [-0.1, -0.05) is 18.2 Å². The second-order valence-corrected chi connectivity index (χ2v) is 4.19. The van der Waals surface area contributed by atoms with Crippen molar-refractivity contribution in [2.24, 2.45) is 0 Å². The van der Waals surface area contributed by atoms with Gasteiger partial charge >= 0.3 is 0 Å². The standard InChI is InChI=1S/C13H14N2/c1-2-11-4-3-10(8-13(11)14-7-1)9-15-12-5-6-12/h1-4,7-8,12,15H,5-6,9H2. The zero-order valence-electron chi connectivity index (χ0n) is 8.61. The first kappa shape index (κ1) is 8.86. The fraction of sp³-hybridized carbons (Fsp3) is 0.308. The fourth-order valence-corrected chi connectivity index (χ4v) is 1.77. The van der Waals surface area contributed by atoms with Gasteiger partial charge < -0.3 is 5.32 Å². The van der Waals surface area contributed by atoms with Crippen LogP contribution in [-0.2, 0) is 6.54 Å². The van der Waals surface area contributed by atoms with E-state index < -0.39 is 0 Å². The third kappa shape index (κ3) is 2.00. The number of aromatic nitrogens is 1. The Hall–Kier alpha value is -1.41. The van der Waals surface area contributed by atoms with Gasteiger partial charge in [0.15, 0.2) is 0 Å². The molecule has 0 saturated heterocycles. The van der Waals surface area contributed by atoms with Gasteiger partial charge in [-0.2, -0.15) is 0 Å². The van der Waals surface area contributed by atoms with Crippen molar-refractivity contribution < 1.29 is 0 Å². The van der Waals surface area contributed by atoms with E-state index in [2.05, 4.69) is 34.6 Å². The molecule has 3 rings (SSSR count). The van der Waals surface area contributed by atoms with Gasteiger partial charge in [0.2, 0.25) is 0 Å². The van der Waals surface area contributed by atoms with Crippen molar-refractivity contribution in [3.63, 3.8) is 0 Å². The number of nitrogens with zero attached hydrogens (tertiary/aromatic N) is 1. The molecule has 0 aliphatic heterocycles. The number of pyridine rings is 1. The quantitative estimate of drug-likeness (QED) is 0.819. The Bertz CT molecular complexity index is 475. The zero-order valence-corrected chi connectivity index (χ0v) is 8.61. The van der Waals surface area contributed by atoms with Crippen molar-refractivity contribution >= 4 is 10.9 Å². The zero-order chi connectivity index (χ0) is 10.1. The molecule has 76 valence electrons. The van der Waals surface area contributed by atoms with E-state index in [0.29, 0.717) is 0 Å². The minimum atomic E-state index is 0.768. The Balaban J connectivity index is 1.84. The second kappa shape index (κ2) is 3.63. The lowest BCUT2D eigenvalue weighted by molar-refractivity contribution is 0.688. The van der Waals surface area contributed by atoms with Gasteiger partial charge in [-0.15, -0.1) is 0 Å². The number of benzene rings is 1. The van der Waals surface area contributed by atoms with Crippen LogP contribution in [0.15, 0.2) is 36.5 Å². The maximum absolute atomic E-state index is 4.36. The van der Waals surface area contributed by atoms with Gasteiger partial charge in [-0.25, -0.2) is 0 Å². The first-order valence-electron chi connectivity index (χ1n) is 5.49. The van der Waals surface area contributed by atoms with Gasteiger partial charge in [-0.05, 0) is 30.5 Å². The molecular weight excluding hydrogens is 184 g/mol. The summed E-state index contributed by atoms with van der Waals surface area (Å²) in [5.41, 5.74) is 2.42. The number of hydrogen-bond donors (Lipinski definition) is 1. The van der Waals surface area contributed by atoms with Crippen LogP contribution in [0.1, 0.15) is 18.4 Å². The van der Waals surface area contributed by atoms with Crippen molar-refractivity contribution in [1.82, 2.24) is 10.3 Å². The van der Waals surface area contributed by atoms with Gasteiger partial charge in [0.25, 0.3) is 0 Å². The highest BCUT2D eigenvalue weighted by Gasteiger charge is 2.19. The van der Waals surface area contributed by atoms with Crippen LogP contribution < -0.4 is 5.32 Å². The van der Waals surface area contributed by atoms with E-state index >= 15 is 0 Å². The van der Waals surface area contributed by atoms with Gasteiger partial charge in [0, 0.05) is 24.2 Å². The molecule has 0 atom stereocenters. The second-order valence-electron chi connectivity index (χ2n) is 4.19. The monoisotopic (exact) mass is 198 g/mol. The summed E-state index contributed by atoms with van der Waals surface area (Å²) >= 11 is 0. The SMILES string of the molecule is c1cnc2cc(CNC3CC3)ccc2c1. The van der Waals surface area contributed by atoms with E-state index in [9.17, 15) is 0 Å². The molecule has 1 heterocycles. The predicted molar refractivity (Wildman–Crippen MR) is 61.6 cm³/mol. The van der Waals surface area contributed by atoms with Crippen LogP contribution in [-0.4, -0.2) is 11.0 Å². The number of hydrogen-bond acceptors (Lipinski definition) is 2. The van der Waals surface area contributed by atoms with E-state index in [4.69, 9.17) is 0 Å². The highest BCUT2D eigenvalue weighted by molar-refractivity contribution is 5.78. The number of nitrogens with one attached hydrogen (secondary N) is 1. The molecule has 1 N–H and O–H groups in total. The minimum Gasteiger partial charge on any atom is -0.310 e. The molecule has 0 amide bonds. The molecule has 2 aromatic rings. The highest BCUT2D eigenvalue weighted by atomic mass is 14.9. The molecule has 1 fully saturated rings. The van der Waals surface area contributed by atoms with Gasteiger partial charge in [0.1, 0.15) is 0 Å². The Morgan fingerprint density at radius 3 is 3.07 bits per heavy atom. The molecule has 2 nitrogen and oxygen atoms in total. The van der Waals surface area contributed by atoms with Crippen LogP contribution in [0.5, 0.6) is 0 Å². The van der Waals surface area contributed by atoms with Crippen LogP contribution in [0.25, 0.3) is 10.9 Å². The molecule has 0 radical (unpaired) electrons. The summed E-state index contributed by atoms with van der Waals surface area (Å²) < 4.78 is 0. The molecule has 1 aliphatic rings. The first-order valence-corrected chi connectivity index (χ1v) is 5.49. The normalized spacial score (nSPS) is 15.7. The molecule has 15 heavy (non-hydrogen) atoms. The first-order chi connectivity index (χ1) is 7.42. The third-order valence-electron chi connectivity index (χ3n) is 2.84. The Kier molecular flexibility index (Phi) is 2.14. The Morgan fingerprint density at radius 2 is 2.20 bits per heavy atom. The molecule has 1 aliphatic carbocycles. The molecule has 0 bridgehead atoms. The van der Waals surface area contributed by atoms with E-state index in [1.54, 1.807) is 0 Å². The molecule has 2 heteroatoms.